The Hall–Kier alpha value is -3.41. The molecule has 0 aliphatic rings. The second-order valence-electron chi connectivity index (χ2n) is 5.58. The molecule has 2 aromatic carbocycles. The van der Waals surface area contributed by atoms with Crippen LogP contribution < -0.4 is 0 Å². The smallest absolute Gasteiger partial charge is 0.335 e. The third-order valence-corrected chi connectivity index (χ3v) is 3.89. The normalized spacial score (nSPS) is 11.0. The predicted octanol–water partition coefficient (Wildman–Crippen LogP) is 3.89. The number of hydrogen-bond acceptors (Lipinski definition) is 4. The predicted molar refractivity (Wildman–Crippen MR) is 88.7 cm³/mol. The Kier molecular flexibility index (Phi) is 3.16. The van der Waals surface area contributed by atoms with Crippen molar-refractivity contribution in [1.82, 2.24) is 15.4 Å². The highest BCUT2D eigenvalue weighted by atomic mass is 16.5. The van der Waals surface area contributed by atoms with Gasteiger partial charge < -0.3 is 9.63 Å². The van der Waals surface area contributed by atoms with Gasteiger partial charge in [0.1, 0.15) is 11.4 Å². The Morgan fingerprint density at radius 3 is 2.67 bits per heavy atom. The molecule has 0 saturated heterocycles. The van der Waals surface area contributed by atoms with Crippen molar-refractivity contribution >= 4 is 16.9 Å². The summed E-state index contributed by atoms with van der Waals surface area (Å²) >= 11 is 0. The van der Waals surface area contributed by atoms with Gasteiger partial charge in [0, 0.05) is 17.0 Å². The molecule has 4 rings (SSSR count). The number of aryl methyl sites for hydroxylation is 1. The highest BCUT2D eigenvalue weighted by Gasteiger charge is 2.15. The Morgan fingerprint density at radius 1 is 1.12 bits per heavy atom. The maximum Gasteiger partial charge on any atom is 0.335 e. The molecule has 0 unspecified atom stereocenters. The standard InChI is InChI=1S/C18H13N3O3/c1-10-2-7-13-15(8-10)19-20-17(13)16-9-14(21-24-16)11-3-5-12(6-4-11)18(22)23/h2-9H,1H3,(H,19,20)(H,22,23). The second-order valence-corrected chi connectivity index (χ2v) is 5.58. The van der Waals surface area contributed by atoms with E-state index in [1.54, 1.807) is 30.3 Å². The van der Waals surface area contributed by atoms with E-state index >= 15 is 0 Å². The Bertz CT molecular complexity index is 1050. The van der Waals surface area contributed by atoms with Crippen LogP contribution >= 0.6 is 0 Å². The molecule has 4 aromatic rings. The number of hydrogen-bond donors (Lipinski definition) is 2. The molecule has 2 heterocycles. The Labute approximate surface area is 136 Å². The molecule has 24 heavy (non-hydrogen) atoms. The van der Waals surface area contributed by atoms with Crippen molar-refractivity contribution in [2.24, 2.45) is 0 Å². The topological polar surface area (TPSA) is 92.0 Å². The van der Waals surface area contributed by atoms with E-state index in [2.05, 4.69) is 15.4 Å². The molecule has 0 atom stereocenters. The maximum absolute atomic E-state index is 10.9. The van der Waals surface area contributed by atoms with Crippen LogP contribution in [0, 0.1) is 6.92 Å². The zero-order valence-corrected chi connectivity index (χ0v) is 12.8. The molecule has 0 amide bonds. The minimum Gasteiger partial charge on any atom is -0.478 e. The summed E-state index contributed by atoms with van der Waals surface area (Å²) in [6.07, 6.45) is 0. The maximum atomic E-state index is 10.9. The molecular weight excluding hydrogens is 306 g/mol. The molecule has 6 nitrogen and oxygen atoms in total. The molecule has 0 bridgehead atoms. The Balaban J connectivity index is 1.72. The molecule has 0 saturated carbocycles. The average molecular weight is 319 g/mol. The van der Waals surface area contributed by atoms with Crippen molar-refractivity contribution in [1.29, 1.82) is 0 Å². The molecule has 0 aliphatic carbocycles. The van der Waals surface area contributed by atoms with Gasteiger partial charge in [-0.3, -0.25) is 5.10 Å². The van der Waals surface area contributed by atoms with Gasteiger partial charge in [-0.25, -0.2) is 4.79 Å². The fourth-order valence-corrected chi connectivity index (χ4v) is 2.63. The van der Waals surface area contributed by atoms with Gasteiger partial charge >= 0.3 is 5.97 Å². The number of nitrogens with one attached hydrogen (secondary N) is 1. The van der Waals surface area contributed by atoms with Gasteiger partial charge in [-0.2, -0.15) is 5.10 Å². The highest BCUT2D eigenvalue weighted by molar-refractivity contribution is 5.92. The third-order valence-electron chi connectivity index (χ3n) is 3.89. The molecule has 6 heteroatoms. The van der Waals surface area contributed by atoms with Crippen LogP contribution in [0.5, 0.6) is 0 Å². The molecule has 2 aromatic heterocycles. The summed E-state index contributed by atoms with van der Waals surface area (Å²) in [7, 11) is 0. The molecule has 2 N–H and O–H groups in total. The number of aromatic amines is 1. The van der Waals surface area contributed by atoms with Crippen LogP contribution in [0.15, 0.2) is 53.1 Å². The van der Waals surface area contributed by atoms with E-state index in [0.29, 0.717) is 17.1 Å². The lowest BCUT2D eigenvalue weighted by molar-refractivity contribution is 0.0697. The third kappa shape index (κ3) is 2.34. The number of fused-ring (bicyclic) bond motifs is 1. The van der Waals surface area contributed by atoms with Crippen LogP contribution in [0.2, 0.25) is 0 Å². The quantitative estimate of drug-likeness (QED) is 0.597. The van der Waals surface area contributed by atoms with E-state index in [0.717, 1.165) is 22.0 Å². The van der Waals surface area contributed by atoms with E-state index in [4.69, 9.17) is 9.63 Å². The summed E-state index contributed by atoms with van der Waals surface area (Å²) in [4.78, 5) is 10.9. The van der Waals surface area contributed by atoms with Crippen LogP contribution in [0.4, 0.5) is 0 Å². The van der Waals surface area contributed by atoms with E-state index in [1.165, 1.54) is 0 Å². The minimum atomic E-state index is -0.958. The molecule has 0 aliphatic heterocycles. The molecule has 118 valence electrons. The SMILES string of the molecule is Cc1ccc2c(-c3cc(-c4ccc(C(=O)O)cc4)no3)n[nH]c2c1. The molecule has 0 fully saturated rings. The summed E-state index contributed by atoms with van der Waals surface area (Å²) in [6, 6.07) is 14.3. The number of carboxylic acid groups (broad SMARTS) is 1. The van der Waals surface area contributed by atoms with Crippen LogP contribution in [-0.2, 0) is 0 Å². The zero-order valence-electron chi connectivity index (χ0n) is 12.8. The Morgan fingerprint density at radius 2 is 1.92 bits per heavy atom. The highest BCUT2D eigenvalue weighted by Crippen LogP contribution is 2.30. The largest absolute Gasteiger partial charge is 0.478 e. The summed E-state index contributed by atoms with van der Waals surface area (Å²) in [5, 5.41) is 21.3. The summed E-state index contributed by atoms with van der Waals surface area (Å²) in [5.41, 5.74) is 4.43. The fourth-order valence-electron chi connectivity index (χ4n) is 2.63. The van der Waals surface area contributed by atoms with Crippen molar-refractivity contribution in [3.05, 3.63) is 59.7 Å². The first-order valence-corrected chi connectivity index (χ1v) is 7.37. The number of benzene rings is 2. The van der Waals surface area contributed by atoms with Crippen LogP contribution in [-0.4, -0.2) is 26.4 Å². The second kappa shape index (κ2) is 5.34. The van der Waals surface area contributed by atoms with Crippen LogP contribution in [0.25, 0.3) is 33.6 Å². The van der Waals surface area contributed by atoms with Crippen LogP contribution in [0.1, 0.15) is 15.9 Å². The zero-order chi connectivity index (χ0) is 16.7. The van der Waals surface area contributed by atoms with Crippen molar-refractivity contribution in [2.45, 2.75) is 6.92 Å². The van der Waals surface area contributed by atoms with E-state index in [-0.39, 0.29) is 5.56 Å². The molecule has 0 spiro atoms. The summed E-state index contributed by atoms with van der Waals surface area (Å²) in [5.74, 6) is -0.400. The van der Waals surface area contributed by atoms with E-state index < -0.39 is 5.97 Å². The minimum absolute atomic E-state index is 0.233. The van der Waals surface area contributed by atoms with Crippen molar-refractivity contribution in [2.75, 3.05) is 0 Å². The van der Waals surface area contributed by atoms with Crippen molar-refractivity contribution in [3.8, 4) is 22.7 Å². The van der Waals surface area contributed by atoms with Gasteiger partial charge in [0.15, 0.2) is 5.76 Å². The fraction of sp³-hybridized carbons (Fsp3) is 0.0556. The number of aromatic carboxylic acids is 1. The number of carboxylic acids is 1. The lowest BCUT2D eigenvalue weighted by atomic mass is 10.1. The molecule has 0 radical (unpaired) electrons. The van der Waals surface area contributed by atoms with Gasteiger partial charge in [0.2, 0.25) is 0 Å². The van der Waals surface area contributed by atoms with E-state index in [1.807, 2.05) is 25.1 Å². The lowest BCUT2D eigenvalue weighted by Gasteiger charge is -1.96. The summed E-state index contributed by atoms with van der Waals surface area (Å²) < 4.78 is 5.43. The molecular formula is C18H13N3O3. The van der Waals surface area contributed by atoms with Gasteiger partial charge in [-0.05, 0) is 30.7 Å². The van der Waals surface area contributed by atoms with Crippen molar-refractivity contribution < 1.29 is 14.4 Å². The van der Waals surface area contributed by atoms with Gasteiger partial charge in [0.05, 0.1) is 11.1 Å². The number of nitrogens with zero attached hydrogens (tertiary/aromatic N) is 2. The number of rotatable bonds is 3. The monoisotopic (exact) mass is 319 g/mol. The summed E-state index contributed by atoms with van der Waals surface area (Å²) in [6.45, 7) is 2.02. The first-order valence-electron chi connectivity index (χ1n) is 7.37. The number of carbonyl (C=O) groups is 1. The first kappa shape index (κ1) is 14.2. The van der Waals surface area contributed by atoms with Crippen LogP contribution in [0.3, 0.4) is 0 Å². The van der Waals surface area contributed by atoms with E-state index in [9.17, 15) is 4.79 Å². The van der Waals surface area contributed by atoms with Crippen molar-refractivity contribution in [3.63, 3.8) is 0 Å². The van der Waals surface area contributed by atoms with Gasteiger partial charge in [0.25, 0.3) is 0 Å². The van der Waals surface area contributed by atoms with Gasteiger partial charge in [-0.1, -0.05) is 29.4 Å². The average Bonchev–Trinajstić information content (AvgIpc) is 3.21. The number of aromatic nitrogens is 3. The number of H-pyrrole nitrogens is 1. The first-order chi connectivity index (χ1) is 11.6. The van der Waals surface area contributed by atoms with Gasteiger partial charge in [-0.15, -0.1) is 0 Å². The lowest BCUT2D eigenvalue weighted by Crippen LogP contribution is -1.94.